The lowest BCUT2D eigenvalue weighted by Gasteiger charge is -2.26. The molecule has 0 radical (unpaired) electrons. The molecule has 2 aromatic rings. The Bertz CT molecular complexity index is 666. The summed E-state index contributed by atoms with van der Waals surface area (Å²) in [6.07, 6.45) is 3.52. The number of nitrogens with one attached hydrogen (secondary N) is 2. The third kappa shape index (κ3) is 3.70. The van der Waals surface area contributed by atoms with Gasteiger partial charge in [0.05, 0.1) is 6.54 Å². The maximum Gasteiger partial charge on any atom is 0.304 e. The second-order valence-corrected chi connectivity index (χ2v) is 5.98. The molecule has 3 rings (SSSR count). The molecular weight excluding hydrogens is 312 g/mol. The maximum absolute atomic E-state index is 11.1. The summed E-state index contributed by atoms with van der Waals surface area (Å²) in [6.45, 7) is 2.33. The Morgan fingerprint density at radius 3 is 2.81 bits per heavy atom. The first-order chi connectivity index (χ1) is 10.2. The fourth-order valence-corrected chi connectivity index (χ4v) is 2.97. The summed E-state index contributed by atoms with van der Waals surface area (Å²) in [4.78, 5) is 28.5. The average molecular weight is 327 g/mol. The zero-order valence-corrected chi connectivity index (χ0v) is 12.9. The number of thiazole rings is 1. The van der Waals surface area contributed by atoms with Crippen molar-refractivity contribution in [3.05, 3.63) is 26.0 Å². The van der Waals surface area contributed by atoms with Gasteiger partial charge >= 0.3 is 4.87 Å². The van der Waals surface area contributed by atoms with E-state index >= 15 is 0 Å². The molecule has 0 aromatic carbocycles. The van der Waals surface area contributed by atoms with Crippen LogP contribution in [-0.4, -0.2) is 33.0 Å². The quantitative estimate of drug-likeness (QED) is 0.892. The summed E-state index contributed by atoms with van der Waals surface area (Å²) in [6, 6.07) is 0. The van der Waals surface area contributed by atoms with E-state index in [1.54, 1.807) is 5.38 Å². The van der Waals surface area contributed by atoms with Crippen LogP contribution in [0.5, 0.6) is 0 Å². The lowest BCUT2D eigenvalue weighted by Crippen LogP contribution is -2.31. The van der Waals surface area contributed by atoms with Crippen LogP contribution in [0.2, 0.25) is 5.28 Å². The summed E-state index contributed by atoms with van der Waals surface area (Å²) in [5.74, 6) is 1.03. The van der Waals surface area contributed by atoms with Crippen LogP contribution in [0, 0.1) is 0 Å². The molecule has 9 heteroatoms. The molecular formula is C12H15ClN6OS. The Morgan fingerprint density at radius 1 is 1.29 bits per heavy atom. The van der Waals surface area contributed by atoms with Gasteiger partial charge in [-0.3, -0.25) is 4.79 Å². The van der Waals surface area contributed by atoms with Crippen LogP contribution < -0.4 is 15.1 Å². The predicted molar refractivity (Wildman–Crippen MR) is 83.2 cm³/mol. The van der Waals surface area contributed by atoms with Gasteiger partial charge < -0.3 is 15.2 Å². The Morgan fingerprint density at radius 2 is 2.10 bits per heavy atom. The fourth-order valence-electron chi connectivity index (χ4n) is 2.23. The molecule has 0 atom stereocenters. The van der Waals surface area contributed by atoms with Crippen molar-refractivity contribution in [2.75, 3.05) is 23.3 Å². The second kappa shape index (κ2) is 6.40. The van der Waals surface area contributed by atoms with E-state index in [2.05, 4.69) is 30.2 Å². The molecule has 3 heterocycles. The summed E-state index contributed by atoms with van der Waals surface area (Å²) < 4.78 is 0. The lowest BCUT2D eigenvalue weighted by atomic mass is 10.1. The van der Waals surface area contributed by atoms with Gasteiger partial charge in [-0.15, -0.1) is 0 Å². The highest BCUT2D eigenvalue weighted by molar-refractivity contribution is 7.07. The molecule has 0 amide bonds. The predicted octanol–water partition coefficient (Wildman–Crippen LogP) is 1.88. The van der Waals surface area contributed by atoms with E-state index in [0.29, 0.717) is 18.4 Å². The molecule has 0 saturated carbocycles. The van der Waals surface area contributed by atoms with E-state index < -0.39 is 0 Å². The van der Waals surface area contributed by atoms with Gasteiger partial charge in [0.1, 0.15) is 0 Å². The van der Waals surface area contributed by atoms with Gasteiger partial charge in [-0.1, -0.05) is 11.3 Å². The van der Waals surface area contributed by atoms with Crippen molar-refractivity contribution in [2.24, 2.45) is 0 Å². The van der Waals surface area contributed by atoms with E-state index in [1.165, 1.54) is 6.42 Å². The molecule has 0 unspecified atom stereocenters. The van der Waals surface area contributed by atoms with Crippen molar-refractivity contribution in [3.8, 4) is 0 Å². The minimum Gasteiger partial charge on any atom is -0.348 e. The van der Waals surface area contributed by atoms with E-state index in [-0.39, 0.29) is 10.2 Å². The van der Waals surface area contributed by atoms with Crippen LogP contribution in [-0.2, 0) is 6.54 Å². The van der Waals surface area contributed by atoms with Gasteiger partial charge in [-0.2, -0.15) is 15.0 Å². The number of piperidine rings is 1. The van der Waals surface area contributed by atoms with Crippen LogP contribution in [0.1, 0.15) is 25.0 Å². The molecule has 0 bridgehead atoms. The van der Waals surface area contributed by atoms with Crippen molar-refractivity contribution in [1.82, 2.24) is 19.9 Å². The maximum atomic E-state index is 11.1. The molecule has 112 valence electrons. The summed E-state index contributed by atoms with van der Waals surface area (Å²) in [7, 11) is 0. The smallest absolute Gasteiger partial charge is 0.304 e. The van der Waals surface area contributed by atoms with Crippen LogP contribution in [0.25, 0.3) is 0 Å². The summed E-state index contributed by atoms with van der Waals surface area (Å²) >= 11 is 7.10. The molecule has 1 aliphatic heterocycles. The van der Waals surface area contributed by atoms with E-state index in [9.17, 15) is 4.79 Å². The van der Waals surface area contributed by atoms with E-state index in [1.807, 2.05) is 0 Å². The number of hydrogen-bond donors (Lipinski definition) is 2. The summed E-state index contributed by atoms with van der Waals surface area (Å²) in [5.41, 5.74) is 0.793. The van der Waals surface area contributed by atoms with Gasteiger partial charge in [-0.05, 0) is 30.9 Å². The Balaban J connectivity index is 1.72. The Kier molecular flexibility index (Phi) is 4.35. The second-order valence-electron chi connectivity index (χ2n) is 4.80. The Labute approximate surface area is 130 Å². The largest absolute Gasteiger partial charge is 0.348 e. The SMILES string of the molecule is O=c1[nH]c(CNc2nc(Cl)nc(N3CCCCC3)n2)cs1. The average Bonchev–Trinajstić information content (AvgIpc) is 2.91. The van der Waals surface area contributed by atoms with Crippen LogP contribution in [0.4, 0.5) is 11.9 Å². The molecule has 1 fully saturated rings. The highest BCUT2D eigenvalue weighted by atomic mass is 35.5. The lowest BCUT2D eigenvalue weighted by molar-refractivity contribution is 0.567. The minimum absolute atomic E-state index is 0.0746. The van der Waals surface area contributed by atoms with Crippen molar-refractivity contribution >= 4 is 34.8 Å². The number of rotatable bonds is 4. The molecule has 2 N–H and O–H groups in total. The number of H-pyrrole nitrogens is 1. The van der Waals surface area contributed by atoms with Crippen molar-refractivity contribution in [1.29, 1.82) is 0 Å². The number of aromatic nitrogens is 4. The number of hydrogen-bond acceptors (Lipinski definition) is 7. The van der Waals surface area contributed by atoms with Gasteiger partial charge in [0, 0.05) is 24.2 Å². The molecule has 0 spiro atoms. The van der Waals surface area contributed by atoms with Crippen LogP contribution >= 0.6 is 22.9 Å². The van der Waals surface area contributed by atoms with Crippen molar-refractivity contribution in [2.45, 2.75) is 25.8 Å². The molecule has 1 saturated heterocycles. The Hall–Kier alpha value is -1.67. The molecule has 1 aliphatic rings. The standard InChI is InChI=1S/C12H15ClN6OS/c13-9-16-10(14-6-8-7-21-12(20)15-8)18-11(17-9)19-4-2-1-3-5-19/h7H,1-6H2,(H,15,20)(H,14,16,17,18). The fraction of sp³-hybridized carbons (Fsp3) is 0.500. The number of aromatic amines is 1. The third-order valence-corrected chi connectivity index (χ3v) is 4.13. The number of halogens is 1. The number of anilines is 2. The first kappa shape index (κ1) is 14.3. The van der Waals surface area contributed by atoms with Gasteiger partial charge in [0.25, 0.3) is 0 Å². The zero-order valence-electron chi connectivity index (χ0n) is 11.3. The molecule has 0 aliphatic carbocycles. The van der Waals surface area contributed by atoms with Gasteiger partial charge in [0.15, 0.2) is 0 Å². The molecule has 2 aromatic heterocycles. The summed E-state index contributed by atoms with van der Waals surface area (Å²) in [5, 5.41) is 5.00. The van der Waals surface area contributed by atoms with Crippen LogP contribution in [0.15, 0.2) is 10.2 Å². The number of nitrogens with zero attached hydrogens (tertiary/aromatic N) is 4. The van der Waals surface area contributed by atoms with E-state index in [0.717, 1.165) is 43.0 Å². The first-order valence-corrected chi connectivity index (χ1v) is 8.03. The highest BCUT2D eigenvalue weighted by Crippen LogP contribution is 2.18. The molecule has 7 nitrogen and oxygen atoms in total. The zero-order chi connectivity index (χ0) is 14.7. The van der Waals surface area contributed by atoms with Gasteiger partial charge in [-0.25, -0.2) is 0 Å². The normalized spacial score (nSPS) is 15.2. The third-order valence-electron chi connectivity index (χ3n) is 3.24. The molecule has 21 heavy (non-hydrogen) atoms. The first-order valence-electron chi connectivity index (χ1n) is 6.78. The topological polar surface area (TPSA) is 86.8 Å². The minimum atomic E-state index is -0.0746. The monoisotopic (exact) mass is 326 g/mol. The highest BCUT2D eigenvalue weighted by Gasteiger charge is 2.15. The van der Waals surface area contributed by atoms with E-state index in [4.69, 9.17) is 11.6 Å². The van der Waals surface area contributed by atoms with Crippen molar-refractivity contribution < 1.29 is 0 Å². The van der Waals surface area contributed by atoms with Gasteiger partial charge in [0.2, 0.25) is 17.2 Å². The van der Waals surface area contributed by atoms with Crippen molar-refractivity contribution in [3.63, 3.8) is 0 Å². The van der Waals surface area contributed by atoms with Crippen LogP contribution in [0.3, 0.4) is 0 Å².